The summed E-state index contributed by atoms with van der Waals surface area (Å²) in [5, 5.41) is 12.3. The number of nitrogens with one attached hydrogen (secondary N) is 1. The Bertz CT molecular complexity index is 537. The van der Waals surface area contributed by atoms with Crippen LogP contribution in [-0.4, -0.2) is 15.6 Å². The first-order valence-corrected chi connectivity index (χ1v) is 6.41. The zero-order valence-electron chi connectivity index (χ0n) is 11.2. The van der Waals surface area contributed by atoms with E-state index in [1.54, 1.807) is 6.20 Å². The van der Waals surface area contributed by atoms with Crippen LogP contribution >= 0.6 is 0 Å². The smallest absolute Gasteiger partial charge is 0.0991 e. The third kappa shape index (κ3) is 3.67. The normalized spacial score (nSPS) is 13.7. The lowest BCUT2D eigenvalue weighted by Gasteiger charge is -2.20. The Labute approximate surface area is 113 Å². The van der Waals surface area contributed by atoms with Crippen LogP contribution in [0.15, 0.2) is 43.0 Å². The maximum atomic E-state index is 8.78. The van der Waals surface area contributed by atoms with E-state index in [-0.39, 0.29) is 6.04 Å². The number of rotatable bonds is 5. The van der Waals surface area contributed by atoms with Gasteiger partial charge in [0.05, 0.1) is 18.0 Å². The average Bonchev–Trinajstić information content (AvgIpc) is 2.91. The van der Waals surface area contributed by atoms with Crippen molar-refractivity contribution in [3.63, 3.8) is 0 Å². The summed E-state index contributed by atoms with van der Waals surface area (Å²) in [5.41, 5.74) is 1.89. The maximum absolute atomic E-state index is 8.78. The summed E-state index contributed by atoms with van der Waals surface area (Å²) in [6, 6.07) is 10.4. The number of nitriles is 1. The third-order valence-corrected chi connectivity index (χ3v) is 3.12. The number of nitrogens with zero attached hydrogens (tertiary/aromatic N) is 3. The van der Waals surface area contributed by atoms with Crippen molar-refractivity contribution in [2.75, 3.05) is 0 Å². The van der Waals surface area contributed by atoms with E-state index in [4.69, 9.17) is 5.26 Å². The van der Waals surface area contributed by atoms with Crippen LogP contribution in [0.1, 0.15) is 31.0 Å². The van der Waals surface area contributed by atoms with E-state index in [9.17, 15) is 0 Å². The van der Waals surface area contributed by atoms with E-state index in [2.05, 4.69) is 34.8 Å². The average molecular weight is 254 g/mol. The van der Waals surface area contributed by atoms with Crippen molar-refractivity contribution in [1.29, 1.82) is 5.26 Å². The quantitative estimate of drug-likeness (QED) is 0.892. The number of aromatic nitrogens is 2. The minimum Gasteiger partial charge on any atom is -0.336 e. The van der Waals surface area contributed by atoms with Gasteiger partial charge < -0.3 is 9.88 Å². The highest BCUT2D eigenvalue weighted by Gasteiger charge is 2.09. The fraction of sp³-hybridized carbons (Fsp3) is 0.333. The molecule has 1 heterocycles. The first kappa shape index (κ1) is 13.3. The molecule has 1 aromatic carbocycles. The molecular weight excluding hydrogens is 236 g/mol. The molecule has 0 spiro atoms. The summed E-state index contributed by atoms with van der Waals surface area (Å²) < 4.78 is 2.06. The van der Waals surface area contributed by atoms with Crippen molar-refractivity contribution in [3.8, 4) is 6.07 Å². The Balaban J connectivity index is 1.92. The summed E-state index contributed by atoms with van der Waals surface area (Å²) in [5.74, 6) is 0. The summed E-state index contributed by atoms with van der Waals surface area (Å²) >= 11 is 0. The molecule has 0 radical (unpaired) electrons. The van der Waals surface area contributed by atoms with Gasteiger partial charge in [0.15, 0.2) is 0 Å². The molecule has 2 atom stereocenters. The van der Waals surface area contributed by atoms with Crippen LogP contribution in [-0.2, 0) is 6.54 Å². The highest BCUT2D eigenvalue weighted by atomic mass is 15.1. The van der Waals surface area contributed by atoms with Crippen molar-refractivity contribution in [1.82, 2.24) is 14.9 Å². The van der Waals surface area contributed by atoms with Gasteiger partial charge in [0.2, 0.25) is 0 Å². The fourth-order valence-electron chi connectivity index (χ4n) is 2.13. The van der Waals surface area contributed by atoms with Crippen molar-refractivity contribution in [2.24, 2.45) is 0 Å². The van der Waals surface area contributed by atoms with Crippen molar-refractivity contribution >= 4 is 0 Å². The van der Waals surface area contributed by atoms with Gasteiger partial charge in [-0.3, -0.25) is 0 Å². The summed E-state index contributed by atoms with van der Waals surface area (Å²) in [6.45, 7) is 5.17. The first-order chi connectivity index (χ1) is 9.19. The summed E-state index contributed by atoms with van der Waals surface area (Å²) in [7, 11) is 0. The molecule has 0 saturated carbocycles. The molecule has 0 aliphatic carbocycles. The van der Waals surface area contributed by atoms with E-state index in [1.165, 1.54) is 5.56 Å². The van der Waals surface area contributed by atoms with Crippen molar-refractivity contribution < 1.29 is 0 Å². The number of hydrogen-bond acceptors (Lipinski definition) is 3. The molecular formula is C15H18N4. The van der Waals surface area contributed by atoms with E-state index in [0.717, 1.165) is 6.54 Å². The second kappa shape index (κ2) is 6.17. The highest BCUT2D eigenvalue weighted by Crippen LogP contribution is 2.14. The first-order valence-electron chi connectivity index (χ1n) is 6.41. The van der Waals surface area contributed by atoms with Crippen LogP contribution in [0.4, 0.5) is 0 Å². The molecule has 0 bridgehead atoms. The molecule has 0 amide bonds. The van der Waals surface area contributed by atoms with Gasteiger partial charge in [-0.2, -0.15) is 5.26 Å². The number of imidazole rings is 1. The summed E-state index contributed by atoms with van der Waals surface area (Å²) in [6.07, 6.45) is 5.58. The van der Waals surface area contributed by atoms with Gasteiger partial charge in [-0.05, 0) is 31.5 Å². The predicted molar refractivity (Wildman–Crippen MR) is 74.4 cm³/mol. The Hall–Kier alpha value is -2.12. The van der Waals surface area contributed by atoms with Gasteiger partial charge in [-0.25, -0.2) is 4.98 Å². The van der Waals surface area contributed by atoms with Gasteiger partial charge in [0.25, 0.3) is 0 Å². The Kier molecular flexibility index (Phi) is 4.32. The molecule has 4 nitrogen and oxygen atoms in total. The Morgan fingerprint density at radius 1 is 1.32 bits per heavy atom. The molecule has 98 valence electrons. The van der Waals surface area contributed by atoms with E-state index >= 15 is 0 Å². The molecule has 2 unspecified atom stereocenters. The van der Waals surface area contributed by atoms with Crippen LogP contribution in [0.2, 0.25) is 0 Å². The van der Waals surface area contributed by atoms with Gasteiger partial charge in [0.1, 0.15) is 0 Å². The van der Waals surface area contributed by atoms with E-state index < -0.39 is 0 Å². The zero-order valence-corrected chi connectivity index (χ0v) is 11.2. The Morgan fingerprint density at radius 3 is 2.63 bits per heavy atom. The molecule has 19 heavy (non-hydrogen) atoms. The standard InChI is InChI=1S/C15H18N4/c1-12(10-19-8-7-17-11-19)18-13(2)15-5-3-14(9-16)4-6-15/h3-8,11-13,18H,10H2,1-2H3. The number of hydrogen-bond donors (Lipinski definition) is 1. The van der Waals surface area contributed by atoms with Crippen LogP contribution in [0.5, 0.6) is 0 Å². The topological polar surface area (TPSA) is 53.6 Å². The van der Waals surface area contributed by atoms with E-state index in [1.807, 2.05) is 36.8 Å². The van der Waals surface area contributed by atoms with Gasteiger partial charge in [0, 0.05) is 31.0 Å². The van der Waals surface area contributed by atoms with Crippen LogP contribution in [0, 0.1) is 11.3 Å². The highest BCUT2D eigenvalue weighted by molar-refractivity contribution is 5.32. The minimum atomic E-state index is 0.256. The predicted octanol–water partition coefficient (Wildman–Crippen LogP) is 2.49. The monoisotopic (exact) mass is 254 g/mol. The molecule has 0 fully saturated rings. The maximum Gasteiger partial charge on any atom is 0.0991 e. The molecule has 0 saturated heterocycles. The summed E-state index contributed by atoms with van der Waals surface area (Å²) in [4.78, 5) is 4.04. The van der Waals surface area contributed by atoms with Crippen molar-refractivity contribution in [3.05, 3.63) is 54.1 Å². The van der Waals surface area contributed by atoms with Gasteiger partial charge in [-0.1, -0.05) is 12.1 Å². The van der Waals surface area contributed by atoms with Crippen LogP contribution in [0.25, 0.3) is 0 Å². The fourth-order valence-corrected chi connectivity index (χ4v) is 2.13. The van der Waals surface area contributed by atoms with Crippen molar-refractivity contribution in [2.45, 2.75) is 32.5 Å². The lowest BCUT2D eigenvalue weighted by Crippen LogP contribution is -2.32. The zero-order chi connectivity index (χ0) is 13.7. The second-order valence-corrected chi connectivity index (χ2v) is 4.78. The molecule has 1 N–H and O–H groups in total. The van der Waals surface area contributed by atoms with Gasteiger partial charge >= 0.3 is 0 Å². The SMILES string of the molecule is CC(Cn1ccnc1)NC(C)c1ccc(C#N)cc1. The minimum absolute atomic E-state index is 0.256. The molecule has 0 aliphatic rings. The molecule has 0 aliphatic heterocycles. The third-order valence-electron chi connectivity index (χ3n) is 3.12. The van der Waals surface area contributed by atoms with Crippen LogP contribution < -0.4 is 5.32 Å². The molecule has 2 rings (SSSR count). The largest absolute Gasteiger partial charge is 0.336 e. The number of benzene rings is 1. The second-order valence-electron chi connectivity index (χ2n) is 4.78. The van der Waals surface area contributed by atoms with E-state index in [0.29, 0.717) is 11.6 Å². The lowest BCUT2D eigenvalue weighted by atomic mass is 10.1. The molecule has 1 aromatic heterocycles. The molecule has 4 heteroatoms. The van der Waals surface area contributed by atoms with Gasteiger partial charge in [-0.15, -0.1) is 0 Å². The lowest BCUT2D eigenvalue weighted by molar-refractivity contribution is 0.430. The van der Waals surface area contributed by atoms with Crippen LogP contribution in [0.3, 0.4) is 0 Å². The Morgan fingerprint density at radius 2 is 2.05 bits per heavy atom. The molecule has 2 aromatic rings.